The number of hydrogen-bond acceptors (Lipinski definition) is 4. The zero-order chi connectivity index (χ0) is 20.1. The number of aromatic nitrogens is 2. The molecule has 0 aliphatic carbocycles. The Morgan fingerprint density at radius 1 is 1.00 bits per heavy atom. The quantitative estimate of drug-likeness (QED) is 0.542. The van der Waals surface area contributed by atoms with E-state index in [1.54, 1.807) is 11.8 Å². The highest BCUT2D eigenvalue weighted by Gasteiger charge is 2.21. The van der Waals surface area contributed by atoms with Crippen LogP contribution in [0.5, 0.6) is 0 Å². The van der Waals surface area contributed by atoms with Crippen LogP contribution < -0.4 is 0 Å². The number of carbonyl (C=O) groups is 1. The van der Waals surface area contributed by atoms with Gasteiger partial charge in [0.05, 0.1) is 5.69 Å². The number of nitrogens with zero attached hydrogens (tertiary/aromatic N) is 3. The number of piperidine rings is 1. The number of amides is 1. The molecule has 1 saturated heterocycles. The lowest BCUT2D eigenvalue weighted by Gasteiger charge is -2.30. The topological polar surface area (TPSA) is 46.1 Å². The van der Waals surface area contributed by atoms with Crippen LogP contribution in [0.1, 0.15) is 35.7 Å². The van der Waals surface area contributed by atoms with E-state index in [1.807, 2.05) is 65.6 Å². The summed E-state index contributed by atoms with van der Waals surface area (Å²) in [5.41, 5.74) is 3.84. The fourth-order valence-corrected chi connectivity index (χ4v) is 4.26. The van der Waals surface area contributed by atoms with E-state index in [4.69, 9.17) is 0 Å². The largest absolute Gasteiger partial charge is 0.339 e. The first-order valence-corrected chi connectivity index (χ1v) is 11.1. The van der Waals surface area contributed by atoms with Crippen molar-refractivity contribution in [3.05, 3.63) is 77.9 Å². The predicted molar refractivity (Wildman–Crippen MR) is 118 cm³/mol. The molecule has 0 atom stereocenters. The van der Waals surface area contributed by atoms with Gasteiger partial charge in [-0.25, -0.2) is 0 Å². The summed E-state index contributed by atoms with van der Waals surface area (Å²) in [4.78, 5) is 14.8. The van der Waals surface area contributed by atoms with Gasteiger partial charge in [-0.15, -0.1) is 10.2 Å². The Kier molecular flexibility index (Phi) is 6.25. The van der Waals surface area contributed by atoms with Crippen molar-refractivity contribution in [2.75, 3.05) is 13.1 Å². The van der Waals surface area contributed by atoms with Gasteiger partial charge in [-0.05, 0) is 48.6 Å². The molecule has 0 radical (unpaired) electrons. The Labute approximate surface area is 176 Å². The second kappa shape index (κ2) is 9.23. The average molecular weight is 404 g/mol. The minimum absolute atomic E-state index is 0.149. The molecule has 2 heterocycles. The lowest BCUT2D eigenvalue weighted by atomic mass is 9.98. The highest BCUT2D eigenvalue weighted by molar-refractivity contribution is 7.98. The Morgan fingerprint density at radius 2 is 1.79 bits per heavy atom. The first-order chi connectivity index (χ1) is 14.2. The zero-order valence-corrected chi connectivity index (χ0v) is 17.4. The standard InChI is InChI=1S/C24H25N3OS/c1-18-12-14-27(15-13-18)24(28)21-9-5-6-19(16-21)17-29-23-11-10-22(25-26-23)20-7-3-2-4-8-20/h2-11,16,18H,12-15,17H2,1H3. The van der Waals surface area contributed by atoms with Crippen LogP contribution in [0.25, 0.3) is 11.3 Å². The first-order valence-electron chi connectivity index (χ1n) is 10.1. The summed E-state index contributed by atoms with van der Waals surface area (Å²) >= 11 is 1.64. The van der Waals surface area contributed by atoms with Gasteiger partial charge in [0, 0.05) is 30.0 Å². The third kappa shape index (κ3) is 5.04. The van der Waals surface area contributed by atoms with E-state index in [-0.39, 0.29) is 5.91 Å². The molecule has 0 N–H and O–H groups in total. The van der Waals surface area contributed by atoms with Gasteiger partial charge in [-0.2, -0.15) is 0 Å². The Morgan fingerprint density at radius 3 is 2.52 bits per heavy atom. The lowest BCUT2D eigenvalue weighted by molar-refractivity contribution is 0.0697. The molecule has 148 valence electrons. The number of benzene rings is 2. The maximum Gasteiger partial charge on any atom is 0.253 e. The summed E-state index contributed by atoms with van der Waals surface area (Å²) in [6.07, 6.45) is 2.19. The van der Waals surface area contributed by atoms with E-state index < -0.39 is 0 Å². The minimum Gasteiger partial charge on any atom is -0.339 e. The molecule has 0 saturated carbocycles. The normalized spacial score (nSPS) is 14.7. The van der Waals surface area contributed by atoms with E-state index in [1.165, 1.54) is 0 Å². The number of hydrogen-bond donors (Lipinski definition) is 0. The molecule has 0 bridgehead atoms. The van der Waals surface area contributed by atoms with Gasteiger partial charge in [0.1, 0.15) is 5.03 Å². The highest BCUT2D eigenvalue weighted by Crippen LogP contribution is 2.24. The van der Waals surface area contributed by atoms with Crippen molar-refractivity contribution >= 4 is 17.7 Å². The summed E-state index contributed by atoms with van der Waals surface area (Å²) < 4.78 is 0. The molecule has 4 nitrogen and oxygen atoms in total. The Hall–Kier alpha value is -2.66. The molecule has 1 amide bonds. The van der Waals surface area contributed by atoms with Crippen molar-refractivity contribution in [3.63, 3.8) is 0 Å². The van der Waals surface area contributed by atoms with Gasteiger partial charge < -0.3 is 4.90 Å². The molecule has 4 rings (SSSR count). The monoisotopic (exact) mass is 403 g/mol. The maximum absolute atomic E-state index is 12.8. The number of likely N-dealkylation sites (tertiary alicyclic amines) is 1. The van der Waals surface area contributed by atoms with E-state index in [0.717, 1.165) is 65.0 Å². The molecule has 0 unspecified atom stereocenters. The Bertz CT molecular complexity index is 951. The molecule has 2 aromatic carbocycles. The van der Waals surface area contributed by atoms with Gasteiger partial charge in [-0.1, -0.05) is 61.2 Å². The molecule has 1 fully saturated rings. The van der Waals surface area contributed by atoms with Gasteiger partial charge in [-0.3, -0.25) is 4.79 Å². The predicted octanol–water partition coefficient (Wildman–Crippen LogP) is 5.31. The molecule has 3 aromatic rings. The third-order valence-electron chi connectivity index (χ3n) is 5.34. The first kappa shape index (κ1) is 19.6. The summed E-state index contributed by atoms with van der Waals surface area (Å²) in [7, 11) is 0. The van der Waals surface area contributed by atoms with E-state index in [9.17, 15) is 4.79 Å². The highest BCUT2D eigenvalue weighted by atomic mass is 32.2. The van der Waals surface area contributed by atoms with Crippen LogP contribution in [0.2, 0.25) is 0 Å². The van der Waals surface area contributed by atoms with Crippen LogP contribution in [0.3, 0.4) is 0 Å². The molecule has 1 aliphatic heterocycles. The maximum atomic E-state index is 12.8. The molecule has 5 heteroatoms. The van der Waals surface area contributed by atoms with Crippen LogP contribution in [-0.4, -0.2) is 34.1 Å². The van der Waals surface area contributed by atoms with Crippen LogP contribution in [0, 0.1) is 5.92 Å². The fourth-order valence-electron chi connectivity index (χ4n) is 3.51. The van der Waals surface area contributed by atoms with Crippen molar-refractivity contribution in [1.29, 1.82) is 0 Å². The smallest absolute Gasteiger partial charge is 0.253 e. The summed E-state index contributed by atoms with van der Waals surface area (Å²) in [5.74, 6) is 1.63. The van der Waals surface area contributed by atoms with Crippen LogP contribution in [0.15, 0.2) is 71.8 Å². The van der Waals surface area contributed by atoms with E-state index >= 15 is 0 Å². The summed E-state index contributed by atoms with van der Waals surface area (Å²) in [5, 5.41) is 9.57. The van der Waals surface area contributed by atoms with Gasteiger partial charge in [0.2, 0.25) is 0 Å². The Balaban J connectivity index is 1.38. The van der Waals surface area contributed by atoms with E-state index in [2.05, 4.69) is 23.2 Å². The van der Waals surface area contributed by atoms with E-state index in [0.29, 0.717) is 0 Å². The molecule has 1 aliphatic rings. The van der Waals surface area contributed by atoms with Crippen molar-refractivity contribution in [2.24, 2.45) is 5.92 Å². The van der Waals surface area contributed by atoms with Crippen molar-refractivity contribution in [2.45, 2.75) is 30.5 Å². The number of rotatable bonds is 5. The third-order valence-corrected chi connectivity index (χ3v) is 6.33. The van der Waals surface area contributed by atoms with Gasteiger partial charge >= 0.3 is 0 Å². The van der Waals surface area contributed by atoms with Gasteiger partial charge in [0.25, 0.3) is 5.91 Å². The molecular formula is C24H25N3OS. The molecule has 1 aromatic heterocycles. The summed E-state index contributed by atoms with van der Waals surface area (Å²) in [6, 6.07) is 22.0. The minimum atomic E-state index is 0.149. The van der Waals surface area contributed by atoms with Crippen molar-refractivity contribution < 1.29 is 4.79 Å². The average Bonchev–Trinajstić information content (AvgIpc) is 2.79. The van der Waals surface area contributed by atoms with Crippen molar-refractivity contribution in [1.82, 2.24) is 15.1 Å². The van der Waals surface area contributed by atoms with Crippen molar-refractivity contribution in [3.8, 4) is 11.3 Å². The summed E-state index contributed by atoms with van der Waals surface area (Å²) in [6.45, 7) is 3.99. The van der Waals surface area contributed by atoms with Crippen LogP contribution in [-0.2, 0) is 5.75 Å². The second-order valence-electron chi connectivity index (χ2n) is 7.59. The number of carbonyl (C=O) groups excluding carboxylic acids is 1. The molecular weight excluding hydrogens is 378 g/mol. The second-order valence-corrected chi connectivity index (χ2v) is 8.58. The fraction of sp³-hybridized carbons (Fsp3) is 0.292. The molecule has 29 heavy (non-hydrogen) atoms. The van der Waals surface area contributed by atoms with Gasteiger partial charge in [0.15, 0.2) is 0 Å². The van der Waals surface area contributed by atoms with Crippen LogP contribution >= 0.6 is 11.8 Å². The zero-order valence-electron chi connectivity index (χ0n) is 16.6. The number of thioether (sulfide) groups is 1. The van der Waals surface area contributed by atoms with Crippen LogP contribution in [0.4, 0.5) is 0 Å². The SMILES string of the molecule is CC1CCN(C(=O)c2cccc(CSc3ccc(-c4ccccc4)nn3)c2)CC1. The lowest BCUT2D eigenvalue weighted by Crippen LogP contribution is -2.37. The molecule has 0 spiro atoms.